The molecule has 0 N–H and O–H groups in total. The largest absolute Gasteiger partial charge is 0.309 e. The fourth-order valence-corrected chi connectivity index (χ4v) is 7.68. The van der Waals surface area contributed by atoms with E-state index in [-0.39, 0.29) is 0 Å². The van der Waals surface area contributed by atoms with Crippen LogP contribution in [0.4, 0.5) is 0 Å². The third-order valence-corrected chi connectivity index (χ3v) is 9.70. The Hall–Kier alpha value is -5.92. The molecule has 0 saturated carbocycles. The minimum absolute atomic E-state index is 1.18. The van der Waals surface area contributed by atoms with E-state index in [1.165, 1.54) is 93.5 Å². The van der Waals surface area contributed by atoms with E-state index < -0.39 is 0 Å². The molecule has 0 fully saturated rings. The van der Waals surface area contributed by atoms with Crippen LogP contribution in [0.15, 0.2) is 164 Å². The Kier molecular flexibility index (Phi) is 5.06. The molecule has 10 rings (SSSR count). The van der Waals surface area contributed by atoms with Crippen molar-refractivity contribution in [1.82, 2.24) is 4.57 Å². The normalized spacial score (nSPS) is 12.0. The zero-order valence-corrected chi connectivity index (χ0v) is 24.5. The highest BCUT2D eigenvalue weighted by Crippen LogP contribution is 2.48. The smallest absolute Gasteiger partial charge is 0.0547 e. The zero-order valence-electron chi connectivity index (χ0n) is 24.5. The van der Waals surface area contributed by atoms with Crippen molar-refractivity contribution < 1.29 is 0 Å². The van der Waals surface area contributed by atoms with Gasteiger partial charge in [0.15, 0.2) is 0 Å². The number of hydrogen-bond donors (Lipinski definition) is 0. The third-order valence-electron chi connectivity index (χ3n) is 9.70. The minimum atomic E-state index is 1.18. The van der Waals surface area contributed by atoms with Crippen LogP contribution in [-0.4, -0.2) is 4.57 Å². The van der Waals surface area contributed by atoms with Crippen molar-refractivity contribution in [3.8, 4) is 50.2 Å². The predicted molar refractivity (Wildman–Crippen MR) is 191 cm³/mol. The van der Waals surface area contributed by atoms with Crippen LogP contribution in [0.2, 0.25) is 0 Å². The number of benzene rings is 8. The van der Waals surface area contributed by atoms with Gasteiger partial charge >= 0.3 is 0 Å². The lowest BCUT2D eigenvalue weighted by atomic mass is 9.94. The van der Waals surface area contributed by atoms with Gasteiger partial charge in [0.25, 0.3) is 0 Å². The molecule has 0 saturated heterocycles. The highest BCUT2D eigenvalue weighted by molar-refractivity contribution is 6.17. The van der Waals surface area contributed by atoms with Crippen molar-refractivity contribution in [1.29, 1.82) is 0 Å². The average Bonchev–Trinajstić information content (AvgIpc) is 3.62. The first kappa shape index (κ1) is 24.5. The molecule has 1 aromatic heterocycles. The van der Waals surface area contributed by atoms with Gasteiger partial charge in [-0.2, -0.15) is 0 Å². The van der Waals surface area contributed by atoms with Crippen molar-refractivity contribution in [3.63, 3.8) is 0 Å². The molecule has 1 heterocycles. The second-order valence-electron chi connectivity index (χ2n) is 12.1. The molecule has 0 amide bonds. The zero-order chi connectivity index (χ0) is 29.5. The minimum Gasteiger partial charge on any atom is -0.309 e. The summed E-state index contributed by atoms with van der Waals surface area (Å²) in [5, 5.41) is 7.75. The van der Waals surface area contributed by atoms with E-state index in [2.05, 4.69) is 168 Å². The standard InChI is InChI=1S/C44H27N/c1-2-11-34(12-3-1)45-41-17-5-4-13-39(41)44-35(14-8-18-42(44)45)33-22-21-29-25-30(19-20-31(29)26-33)32-23-24-36-37-15-6-9-28-10-7-16-38(43(28)37)40(36)27-32/h1-27H. The molecular weight excluding hydrogens is 542 g/mol. The first-order valence-corrected chi connectivity index (χ1v) is 15.6. The molecule has 1 nitrogen and oxygen atoms in total. The van der Waals surface area contributed by atoms with Gasteiger partial charge in [0, 0.05) is 16.5 Å². The topological polar surface area (TPSA) is 4.93 Å². The number of nitrogens with zero attached hydrogens (tertiary/aromatic N) is 1. The first-order chi connectivity index (χ1) is 22.3. The van der Waals surface area contributed by atoms with Crippen molar-refractivity contribution >= 4 is 43.4 Å². The maximum atomic E-state index is 2.39. The Bertz CT molecular complexity index is 2630. The molecule has 0 bridgehead atoms. The van der Waals surface area contributed by atoms with Crippen LogP contribution in [0, 0.1) is 0 Å². The second kappa shape index (κ2) is 9.29. The lowest BCUT2D eigenvalue weighted by Gasteiger charge is -2.11. The van der Waals surface area contributed by atoms with Gasteiger partial charge in [0.05, 0.1) is 11.0 Å². The highest BCUT2D eigenvalue weighted by atomic mass is 15.0. The third kappa shape index (κ3) is 3.56. The molecule has 1 aliphatic rings. The first-order valence-electron chi connectivity index (χ1n) is 15.6. The Morgan fingerprint density at radius 2 is 0.933 bits per heavy atom. The Morgan fingerprint density at radius 1 is 0.311 bits per heavy atom. The molecule has 1 aliphatic carbocycles. The van der Waals surface area contributed by atoms with E-state index in [4.69, 9.17) is 0 Å². The van der Waals surface area contributed by atoms with Crippen LogP contribution >= 0.6 is 0 Å². The Labute approximate surface area is 261 Å². The van der Waals surface area contributed by atoms with Crippen LogP contribution in [-0.2, 0) is 0 Å². The quantitative estimate of drug-likeness (QED) is 0.199. The van der Waals surface area contributed by atoms with Gasteiger partial charge in [-0.05, 0) is 109 Å². The summed E-state index contributed by atoms with van der Waals surface area (Å²) >= 11 is 0. The maximum Gasteiger partial charge on any atom is 0.0547 e. The molecule has 0 spiro atoms. The second-order valence-corrected chi connectivity index (χ2v) is 12.1. The lowest BCUT2D eigenvalue weighted by molar-refractivity contribution is 1.18. The van der Waals surface area contributed by atoms with Crippen LogP contribution in [0.5, 0.6) is 0 Å². The molecule has 0 radical (unpaired) electrons. The predicted octanol–water partition coefficient (Wildman–Crippen LogP) is 12.1. The van der Waals surface area contributed by atoms with Crippen molar-refractivity contribution in [2.45, 2.75) is 0 Å². The molecule has 45 heavy (non-hydrogen) atoms. The number of fused-ring (bicyclic) bond motifs is 7. The molecule has 208 valence electrons. The van der Waals surface area contributed by atoms with Gasteiger partial charge in [-0.1, -0.05) is 121 Å². The van der Waals surface area contributed by atoms with E-state index in [9.17, 15) is 0 Å². The fraction of sp³-hybridized carbons (Fsp3) is 0. The fourth-order valence-electron chi connectivity index (χ4n) is 7.68. The molecule has 0 unspecified atom stereocenters. The van der Waals surface area contributed by atoms with Gasteiger partial charge in [-0.25, -0.2) is 0 Å². The maximum absolute atomic E-state index is 2.39. The van der Waals surface area contributed by atoms with Gasteiger partial charge in [-0.3, -0.25) is 0 Å². The summed E-state index contributed by atoms with van der Waals surface area (Å²) in [6.45, 7) is 0. The number of rotatable bonds is 3. The summed E-state index contributed by atoms with van der Waals surface area (Å²) in [5.41, 5.74) is 14.0. The summed E-state index contributed by atoms with van der Waals surface area (Å²) in [5.74, 6) is 0. The van der Waals surface area contributed by atoms with Gasteiger partial charge < -0.3 is 4.57 Å². The SMILES string of the molecule is c1ccc(-n2c3ccccc3c3c(-c4ccc5cc(-c6ccc7c(c6)-c6cccc8cccc-7c68)ccc5c4)cccc32)cc1. The highest BCUT2D eigenvalue weighted by Gasteiger charge is 2.21. The molecule has 9 aromatic rings. The molecule has 1 heteroatoms. The summed E-state index contributed by atoms with van der Waals surface area (Å²) < 4.78 is 2.39. The molecular formula is C44H27N. The van der Waals surface area contributed by atoms with Gasteiger partial charge in [0.1, 0.15) is 0 Å². The average molecular weight is 570 g/mol. The van der Waals surface area contributed by atoms with Crippen LogP contribution in [0.1, 0.15) is 0 Å². The van der Waals surface area contributed by atoms with Crippen molar-refractivity contribution in [2.75, 3.05) is 0 Å². The van der Waals surface area contributed by atoms with E-state index in [0.29, 0.717) is 0 Å². The Morgan fingerprint density at radius 3 is 1.78 bits per heavy atom. The monoisotopic (exact) mass is 569 g/mol. The summed E-state index contributed by atoms with van der Waals surface area (Å²) in [7, 11) is 0. The molecule has 0 aliphatic heterocycles. The molecule has 0 atom stereocenters. The summed E-state index contributed by atoms with van der Waals surface area (Å²) in [6, 6.07) is 60.2. The molecule has 8 aromatic carbocycles. The van der Waals surface area contributed by atoms with E-state index >= 15 is 0 Å². The lowest BCUT2D eigenvalue weighted by Crippen LogP contribution is -1.92. The summed E-state index contributed by atoms with van der Waals surface area (Å²) in [4.78, 5) is 0. The van der Waals surface area contributed by atoms with E-state index in [1.807, 2.05) is 0 Å². The number of hydrogen-bond acceptors (Lipinski definition) is 0. The van der Waals surface area contributed by atoms with Crippen molar-refractivity contribution in [3.05, 3.63) is 164 Å². The van der Waals surface area contributed by atoms with Crippen molar-refractivity contribution in [2.24, 2.45) is 0 Å². The van der Waals surface area contributed by atoms with Crippen LogP contribution < -0.4 is 0 Å². The number of aromatic nitrogens is 1. The van der Waals surface area contributed by atoms with Gasteiger partial charge in [-0.15, -0.1) is 0 Å². The van der Waals surface area contributed by atoms with Crippen LogP contribution in [0.25, 0.3) is 93.5 Å². The van der Waals surface area contributed by atoms with Gasteiger partial charge in [0.2, 0.25) is 0 Å². The van der Waals surface area contributed by atoms with E-state index in [0.717, 1.165) is 0 Å². The summed E-state index contributed by atoms with van der Waals surface area (Å²) in [6.07, 6.45) is 0. The number of para-hydroxylation sites is 2. The van der Waals surface area contributed by atoms with E-state index in [1.54, 1.807) is 0 Å². The Balaban J connectivity index is 1.09. The van der Waals surface area contributed by atoms with Crippen LogP contribution in [0.3, 0.4) is 0 Å².